The molecule has 4 aliphatic rings. The number of fused-ring (bicyclic) bond motifs is 2. The quantitative estimate of drug-likeness (QED) is 0.871. The molecule has 1 aromatic rings. The summed E-state index contributed by atoms with van der Waals surface area (Å²) >= 11 is 0. The number of hydrogen-bond donors (Lipinski definition) is 2. The molecule has 5 rings (SSSR count). The lowest BCUT2D eigenvalue weighted by Crippen LogP contribution is -2.37. The first-order valence-electron chi connectivity index (χ1n) is 9.04. The van der Waals surface area contributed by atoms with Gasteiger partial charge in [0.15, 0.2) is 11.5 Å². The van der Waals surface area contributed by atoms with Crippen molar-refractivity contribution in [2.75, 3.05) is 13.2 Å². The van der Waals surface area contributed by atoms with Gasteiger partial charge in [-0.2, -0.15) is 0 Å². The molecule has 0 radical (unpaired) electrons. The summed E-state index contributed by atoms with van der Waals surface area (Å²) in [4.78, 5) is 23.8. The molecular formula is C19H21NO5. The molecule has 0 bridgehead atoms. The maximum Gasteiger partial charge on any atom is 0.306 e. The first kappa shape index (κ1) is 15.0. The SMILES string of the molecule is O=C(O)[C@@H]1C[C@H](NC(=O)[C@@H]2C[C@H]2c2ccc3c(c2)OCCO3)[C@H]2C[C@H]21. The monoisotopic (exact) mass is 343 g/mol. The minimum absolute atomic E-state index is 0.0105. The number of aliphatic carboxylic acids is 1. The number of amides is 1. The van der Waals surface area contributed by atoms with Crippen molar-refractivity contribution in [2.24, 2.45) is 23.7 Å². The average molecular weight is 343 g/mol. The van der Waals surface area contributed by atoms with Gasteiger partial charge in [-0.25, -0.2) is 0 Å². The minimum Gasteiger partial charge on any atom is -0.486 e. The zero-order valence-corrected chi connectivity index (χ0v) is 13.8. The highest BCUT2D eigenvalue weighted by Crippen LogP contribution is 2.56. The summed E-state index contributed by atoms with van der Waals surface area (Å²) in [5, 5.41) is 12.4. The van der Waals surface area contributed by atoms with Crippen molar-refractivity contribution in [1.29, 1.82) is 0 Å². The molecule has 0 saturated heterocycles. The fraction of sp³-hybridized carbons (Fsp3) is 0.579. The number of nitrogens with one attached hydrogen (secondary N) is 1. The highest BCUT2D eigenvalue weighted by Gasteiger charge is 2.58. The third-order valence-electron chi connectivity index (χ3n) is 6.20. The minimum atomic E-state index is -0.718. The van der Waals surface area contributed by atoms with Gasteiger partial charge in [0.1, 0.15) is 13.2 Å². The van der Waals surface area contributed by atoms with E-state index >= 15 is 0 Å². The summed E-state index contributed by atoms with van der Waals surface area (Å²) in [6.07, 6.45) is 2.37. The van der Waals surface area contributed by atoms with E-state index in [9.17, 15) is 14.7 Å². The van der Waals surface area contributed by atoms with Crippen LogP contribution in [0.15, 0.2) is 18.2 Å². The van der Waals surface area contributed by atoms with E-state index in [1.807, 2.05) is 18.2 Å². The van der Waals surface area contributed by atoms with E-state index < -0.39 is 5.97 Å². The van der Waals surface area contributed by atoms with Crippen LogP contribution in [0.1, 0.15) is 30.7 Å². The molecule has 6 atom stereocenters. The van der Waals surface area contributed by atoms with Crippen molar-refractivity contribution in [1.82, 2.24) is 5.32 Å². The summed E-state index contributed by atoms with van der Waals surface area (Å²) in [5.74, 6) is 1.46. The number of carbonyl (C=O) groups is 2. The van der Waals surface area contributed by atoms with E-state index in [0.29, 0.717) is 25.6 Å². The van der Waals surface area contributed by atoms with Crippen LogP contribution in [0.5, 0.6) is 11.5 Å². The van der Waals surface area contributed by atoms with Crippen LogP contribution in [0.4, 0.5) is 0 Å². The van der Waals surface area contributed by atoms with Gasteiger partial charge in [-0.15, -0.1) is 0 Å². The molecule has 2 N–H and O–H groups in total. The van der Waals surface area contributed by atoms with Gasteiger partial charge in [0.25, 0.3) is 0 Å². The molecule has 0 unspecified atom stereocenters. The number of carbonyl (C=O) groups excluding carboxylic acids is 1. The number of hydrogen-bond acceptors (Lipinski definition) is 4. The summed E-state index contributed by atoms with van der Waals surface area (Å²) < 4.78 is 11.2. The lowest BCUT2D eigenvalue weighted by molar-refractivity contribution is -0.142. The molecule has 25 heavy (non-hydrogen) atoms. The second kappa shape index (κ2) is 5.38. The van der Waals surface area contributed by atoms with E-state index in [4.69, 9.17) is 9.47 Å². The number of ether oxygens (including phenoxy) is 2. The Morgan fingerprint density at radius 1 is 1.00 bits per heavy atom. The predicted octanol–water partition coefficient (Wildman–Crippen LogP) is 1.79. The average Bonchev–Trinajstić information content (AvgIpc) is 3.52. The molecule has 1 aliphatic heterocycles. The smallest absolute Gasteiger partial charge is 0.306 e. The Hall–Kier alpha value is -2.24. The third kappa shape index (κ3) is 2.55. The molecule has 1 amide bonds. The Labute approximate surface area is 145 Å². The van der Waals surface area contributed by atoms with Crippen LogP contribution in [-0.2, 0) is 9.59 Å². The van der Waals surface area contributed by atoms with E-state index in [1.165, 1.54) is 0 Å². The van der Waals surface area contributed by atoms with Gasteiger partial charge in [0.2, 0.25) is 5.91 Å². The molecule has 132 valence electrons. The van der Waals surface area contributed by atoms with Gasteiger partial charge >= 0.3 is 5.97 Å². The van der Waals surface area contributed by atoms with Crippen LogP contribution < -0.4 is 14.8 Å². The van der Waals surface area contributed by atoms with Crippen LogP contribution in [0.25, 0.3) is 0 Å². The largest absolute Gasteiger partial charge is 0.486 e. The van der Waals surface area contributed by atoms with Crippen molar-refractivity contribution in [3.8, 4) is 11.5 Å². The third-order valence-corrected chi connectivity index (χ3v) is 6.20. The first-order chi connectivity index (χ1) is 12.1. The fourth-order valence-corrected chi connectivity index (χ4v) is 4.67. The number of rotatable bonds is 4. The zero-order valence-electron chi connectivity index (χ0n) is 13.8. The molecule has 3 saturated carbocycles. The molecule has 0 spiro atoms. The Bertz CT molecular complexity index is 747. The maximum atomic E-state index is 12.6. The Morgan fingerprint density at radius 3 is 2.56 bits per heavy atom. The molecule has 6 nitrogen and oxygen atoms in total. The molecule has 6 heteroatoms. The van der Waals surface area contributed by atoms with Crippen molar-refractivity contribution in [3.05, 3.63) is 23.8 Å². The molecule has 1 aromatic carbocycles. The van der Waals surface area contributed by atoms with E-state index in [-0.39, 0.29) is 35.6 Å². The Morgan fingerprint density at radius 2 is 1.80 bits per heavy atom. The molecule has 1 heterocycles. The van der Waals surface area contributed by atoms with Gasteiger partial charge in [0, 0.05) is 12.0 Å². The van der Waals surface area contributed by atoms with Gasteiger partial charge in [-0.3, -0.25) is 9.59 Å². The van der Waals surface area contributed by atoms with Crippen LogP contribution in [0.3, 0.4) is 0 Å². The second-order valence-electron chi connectivity index (χ2n) is 7.71. The van der Waals surface area contributed by atoms with E-state index in [2.05, 4.69) is 5.32 Å². The topological polar surface area (TPSA) is 84.9 Å². The zero-order chi connectivity index (χ0) is 17.1. The normalized spacial score (nSPS) is 37.1. The standard InChI is InChI=1S/C19H21NO5/c21-18(20-15-8-14(19(22)23)11-7-12(11)15)13-6-10(13)9-1-2-16-17(5-9)25-4-3-24-16/h1-2,5,10-15H,3-4,6-8H2,(H,20,21)(H,22,23)/t10-,11+,12-,13+,14+,15-/m0/s1. The van der Waals surface area contributed by atoms with Gasteiger partial charge in [-0.05, 0) is 54.7 Å². The number of carboxylic acids is 1. The summed E-state index contributed by atoms with van der Waals surface area (Å²) in [6.45, 7) is 1.13. The van der Waals surface area contributed by atoms with E-state index in [0.717, 1.165) is 29.9 Å². The van der Waals surface area contributed by atoms with Crippen molar-refractivity contribution >= 4 is 11.9 Å². The van der Waals surface area contributed by atoms with Crippen molar-refractivity contribution in [3.63, 3.8) is 0 Å². The summed E-state index contributed by atoms with van der Waals surface area (Å²) in [6, 6.07) is 5.96. The number of carboxylic acid groups (broad SMARTS) is 1. The Kier molecular flexibility index (Phi) is 3.24. The van der Waals surface area contributed by atoms with Crippen LogP contribution in [0, 0.1) is 23.7 Å². The first-order valence-corrected chi connectivity index (χ1v) is 9.04. The second-order valence-corrected chi connectivity index (χ2v) is 7.71. The summed E-state index contributed by atoms with van der Waals surface area (Å²) in [5.41, 5.74) is 1.11. The fourth-order valence-electron chi connectivity index (χ4n) is 4.67. The van der Waals surface area contributed by atoms with Gasteiger partial charge in [-0.1, -0.05) is 6.07 Å². The lowest BCUT2D eigenvalue weighted by atomic mass is 10.0. The highest BCUT2D eigenvalue weighted by atomic mass is 16.6. The lowest BCUT2D eigenvalue weighted by Gasteiger charge is -2.19. The number of benzene rings is 1. The molecular weight excluding hydrogens is 322 g/mol. The van der Waals surface area contributed by atoms with Gasteiger partial charge < -0.3 is 19.9 Å². The molecule has 0 aromatic heterocycles. The van der Waals surface area contributed by atoms with Crippen LogP contribution in [0.2, 0.25) is 0 Å². The molecule has 3 aliphatic carbocycles. The van der Waals surface area contributed by atoms with Crippen LogP contribution >= 0.6 is 0 Å². The Balaban J connectivity index is 1.22. The molecule has 3 fully saturated rings. The van der Waals surface area contributed by atoms with Crippen molar-refractivity contribution < 1.29 is 24.2 Å². The predicted molar refractivity (Wildman–Crippen MR) is 87.6 cm³/mol. The van der Waals surface area contributed by atoms with Crippen molar-refractivity contribution in [2.45, 2.75) is 31.2 Å². The maximum absolute atomic E-state index is 12.6. The van der Waals surface area contributed by atoms with Crippen LogP contribution in [-0.4, -0.2) is 36.2 Å². The van der Waals surface area contributed by atoms with Gasteiger partial charge in [0.05, 0.1) is 5.92 Å². The summed E-state index contributed by atoms with van der Waals surface area (Å²) in [7, 11) is 0. The highest BCUT2D eigenvalue weighted by molar-refractivity contribution is 5.83. The van der Waals surface area contributed by atoms with E-state index in [1.54, 1.807) is 0 Å².